The summed E-state index contributed by atoms with van der Waals surface area (Å²) < 4.78 is 53.0. The van der Waals surface area contributed by atoms with E-state index in [2.05, 4.69) is 0 Å². The molecule has 9 nitrogen and oxygen atoms in total. The summed E-state index contributed by atoms with van der Waals surface area (Å²) in [6, 6.07) is 17.7. The summed E-state index contributed by atoms with van der Waals surface area (Å²) in [5.74, 6) is 5.85. The smallest absolute Gasteiger partial charge is 0.203 e. The van der Waals surface area contributed by atoms with E-state index in [1.807, 2.05) is 54.6 Å². The maximum Gasteiger partial charge on any atom is 0.203 e. The maximum absolute atomic E-state index is 6.54. The molecule has 0 radical (unpaired) electrons. The Balaban J connectivity index is 1.69. The Morgan fingerprint density at radius 1 is 0.364 bits per heavy atom. The number of methoxy groups -OCH3 is 7. The zero-order chi connectivity index (χ0) is 31.2. The van der Waals surface area contributed by atoms with Crippen LogP contribution < -0.4 is 42.6 Å². The normalized spacial score (nSPS) is 12.4. The molecule has 1 heterocycles. The Kier molecular flexibility index (Phi) is 9.43. The van der Waals surface area contributed by atoms with Crippen LogP contribution in [-0.4, -0.2) is 49.8 Å². The highest BCUT2D eigenvalue weighted by atomic mass is 16.6. The van der Waals surface area contributed by atoms with Crippen LogP contribution in [-0.2, 0) is 25.7 Å². The fourth-order valence-corrected chi connectivity index (χ4v) is 5.38. The monoisotopic (exact) mass is 602 g/mol. The number of benzene rings is 4. The summed E-state index contributed by atoms with van der Waals surface area (Å²) in [7, 11) is 11.2. The minimum Gasteiger partial charge on any atom is -0.493 e. The lowest BCUT2D eigenvalue weighted by molar-refractivity contribution is 0.319. The maximum atomic E-state index is 6.54. The van der Waals surface area contributed by atoms with Crippen LogP contribution in [0.3, 0.4) is 0 Å². The first-order chi connectivity index (χ1) is 21.4. The van der Waals surface area contributed by atoms with E-state index in [1.54, 1.807) is 49.8 Å². The van der Waals surface area contributed by atoms with E-state index in [1.165, 1.54) is 0 Å². The summed E-state index contributed by atoms with van der Waals surface area (Å²) in [5, 5.41) is 0. The number of aryl methyl sites for hydroxylation is 4. The van der Waals surface area contributed by atoms with E-state index < -0.39 is 0 Å². The van der Waals surface area contributed by atoms with Gasteiger partial charge in [0.2, 0.25) is 17.2 Å². The van der Waals surface area contributed by atoms with Crippen molar-refractivity contribution in [2.45, 2.75) is 25.7 Å². The highest BCUT2D eigenvalue weighted by Gasteiger charge is 2.22. The predicted octanol–water partition coefficient (Wildman–Crippen LogP) is 7.22. The lowest BCUT2D eigenvalue weighted by atomic mass is 10.0. The van der Waals surface area contributed by atoms with Crippen molar-refractivity contribution in [3.63, 3.8) is 0 Å². The Labute approximate surface area is 258 Å². The Hall–Kier alpha value is -4.92. The molecule has 4 aromatic rings. The minimum atomic E-state index is 0.477. The molecule has 0 unspecified atom stereocenters. The summed E-state index contributed by atoms with van der Waals surface area (Å²) >= 11 is 0. The van der Waals surface area contributed by atoms with Gasteiger partial charge in [-0.05, 0) is 96.5 Å². The van der Waals surface area contributed by atoms with Crippen LogP contribution in [0.1, 0.15) is 22.3 Å². The molecule has 0 saturated heterocycles. The lowest BCUT2D eigenvalue weighted by Gasteiger charge is -2.20. The molecule has 4 aromatic carbocycles. The largest absolute Gasteiger partial charge is 0.493 e. The minimum absolute atomic E-state index is 0.477. The van der Waals surface area contributed by atoms with Crippen molar-refractivity contribution in [2.24, 2.45) is 0 Å². The van der Waals surface area contributed by atoms with Crippen molar-refractivity contribution in [1.29, 1.82) is 0 Å². The second kappa shape index (κ2) is 13.6. The SMILES string of the molecule is COc1ccc2cc1Oc1cc(cc(OC)c1OC)CCc1cc(OC)c(OC)c(c1)Oc1cc(cc(OC)c1OC)CC2. The molecule has 232 valence electrons. The fourth-order valence-electron chi connectivity index (χ4n) is 5.38. The second-order valence-electron chi connectivity index (χ2n) is 10.2. The van der Waals surface area contributed by atoms with Gasteiger partial charge in [-0.3, -0.25) is 0 Å². The molecule has 1 aliphatic rings. The van der Waals surface area contributed by atoms with Gasteiger partial charge in [0.25, 0.3) is 0 Å². The summed E-state index contributed by atoms with van der Waals surface area (Å²) in [6.07, 6.45) is 2.72. The zero-order valence-electron chi connectivity index (χ0n) is 26.2. The van der Waals surface area contributed by atoms with Crippen LogP contribution in [0.2, 0.25) is 0 Å². The molecule has 0 saturated carbocycles. The van der Waals surface area contributed by atoms with Gasteiger partial charge >= 0.3 is 0 Å². The first-order valence-corrected chi connectivity index (χ1v) is 14.2. The average molecular weight is 603 g/mol. The Morgan fingerprint density at radius 3 is 1.07 bits per heavy atom. The van der Waals surface area contributed by atoms with Gasteiger partial charge in [0.15, 0.2) is 46.0 Å². The van der Waals surface area contributed by atoms with Gasteiger partial charge in [-0.15, -0.1) is 0 Å². The average Bonchev–Trinajstić information content (AvgIpc) is 3.05. The van der Waals surface area contributed by atoms with Crippen molar-refractivity contribution in [3.05, 3.63) is 76.9 Å². The van der Waals surface area contributed by atoms with Gasteiger partial charge in [-0.25, -0.2) is 0 Å². The molecule has 0 amide bonds. The first-order valence-electron chi connectivity index (χ1n) is 14.2. The Bertz CT molecular complexity index is 1630. The first kappa shape index (κ1) is 30.5. The van der Waals surface area contributed by atoms with E-state index in [9.17, 15) is 0 Å². The van der Waals surface area contributed by atoms with Crippen molar-refractivity contribution in [1.82, 2.24) is 0 Å². The molecular weight excluding hydrogens is 564 g/mol. The van der Waals surface area contributed by atoms with Crippen molar-refractivity contribution < 1.29 is 42.6 Å². The zero-order valence-corrected chi connectivity index (χ0v) is 26.2. The topological polar surface area (TPSA) is 83.1 Å². The third kappa shape index (κ3) is 6.22. The molecule has 5 rings (SSSR count). The van der Waals surface area contributed by atoms with Crippen molar-refractivity contribution in [3.8, 4) is 63.2 Å². The Morgan fingerprint density at radius 2 is 0.705 bits per heavy atom. The molecule has 9 heteroatoms. The number of rotatable bonds is 7. The molecule has 44 heavy (non-hydrogen) atoms. The van der Waals surface area contributed by atoms with Crippen LogP contribution in [0.4, 0.5) is 0 Å². The van der Waals surface area contributed by atoms with Crippen LogP contribution in [0.15, 0.2) is 54.6 Å². The summed E-state index contributed by atoms with van der Waals surface area (Å²) in [5.41, 5.74) is 4.02. The van der Waals surface area contributed by atoms with Gasteiger partial charge < -0.3 is 42.6 Å². The predicted molar refractivity (Wildman–Crippen MR) is 167 cm³/mol. The quantitative estimate of drug-likeness (QED) is 0.218. The molecule has 0 N–H and O–H groups in total. The molecule has 0 fully saturated rings. The fraction of sp³-hybridized carbons (Fsp3) is 0.314. The van der Waals surface area contributed by atoms with Crippen LogP contribution in [0.25, 0.3) is 0 Å². The van der Waals surface area contributed by atoms with E-state index >= 15 is 0 Å². The van der Waals surface area contributed by atoms with E-state index in [0.717, 1.165) is 22.3 Å². The van der Waals surface area contributed by atoms with Crippen molar-refractivity contribution >= 4 is 0 Å². The number of hydrogen-bond donors (Lipinski definition) is 0. The van der Waals surface area contributed by atoms with Gasteiger partial charge in [0.05, 0.1) is 49.8 Å². The molecule has 8 bridgehead atoms. The highest BCUT2D eigenvalue weighted by molar-refractivity contribution is 5.60. The van der Waals surface area contributed by atoms with Gasteiger partial charge in [0.1, 0.15) is 0 Å². The third-order valence-corrected chi connectivity index (χ3v) is 7.59. The number of hydrogen-bond acceptors (Lipinski definition) is 9. The van der Waals surface area contributed by atoms with E-state index in [4.69, 9.17) is 42.6 Å². The molecule has 0 aliphatic carbocycles. The van der Waals surface area contributed by atoms with Crippen LogP contribution >= 0.6 is 0 Å². The van der Waals surface area contributed by atoms with E-state index in [-0.39, 0.29) is 0 Å². The highest BCUT2D eigenvalue weighted by Crippen LogP contribution is 2.47. The lowest BCUT2D eigenvalue weighted by Crippen LogP contribution is -2.02. The number of fused-ring (bicyclic) bond motifs is 8. The molecule has 0 aromatic heterocycles. The van der Waals surface area contributed by atoms with Gasteiger partial charge in [-0.2, -0.15) is 0 Å². The third-order valence-electron chi connectivity index (χ3n) is 7.59. The second-order valence-corrected chi connectivity index (χ2v) is 10.2. The summed E-state index contributed by atoms with van der Waals surface area (Å²) in [4.78, 5) is 0. The molecular formula is C35H38O9. The molecule has 1 aliphatic heterocycles. The van der Waals surface area contributed by atoms with Crippen LogP contribution in [0, 0.1) is 0 Å². The molecule has 0 atom stereocenters. The molecule has 0 spiro atoms. The van der Waals surface area contributed by atoms with Gasteiger partial charge in [0, 0.05) is 0 Å². The number of ether oxygens (including phenoxy) is 9. The van der Waals surface area contributed by atoms with Crippen molar-refractivity contribution in [2.75, 3.05) is 49.8 Å². The van der Waals surface area contributed by atoms with E-state index in [0.29, 0.717) is 88.9 Å². The standard InChI is InChI=1S/C35H38O9/c1-36-25-13-12-21-8-9-22-15-28(38-3)34(41-6)31(19-22)44-32-20-24(17-29(39-4)35(32)42-7)11-10-23-16-27(37-2)33(40-5)30(18-23)43-26(25)14-21/h12-20H,8-11H2,1-7H3. The van der Waals surface area contributed by atoms with Gasteiger partial charge in [-0.1, -0.05) is 6.07 Å². The van der Waals surface area contributed by atoms with Crippen LogP contribution in [0.5, 0.6) is 63.2 Å². The summed E-state index contributed by atoms with van der Waals surface area (Å²) in [6.45, 7) is 0.